The topological polar surface area (TPSA) is 80.1 Å². The largest absolute Gasteiger partial charge is 0.326 e. The van der Waals surface area contributed by atoms with Gasteiger partial charge in [0.15, 0.2) is 16.8 Å². The van der Waals surface area contributed by atoms with Gasteiger partial charge >= 0.3 is 0 Å². The maximum Gasteiger partial charge on any atom is 0.224 e. The average molecular weight is 432 g/mol. The van der Waals surface area contributed by atoms with Crippen molar-refractivity contribution in [1.29, 1.82) is 0 Å². The minimum atomic E-state index is -0.0463. The number of nitrogens with zero attached hydrogens (tertiary/aromatic N) is 4. The summed E-state index contributed by atoms with van der Waals surface area (Å²) in [5, 5.41) is 12.4. The van der Waals surface area contributed by atoms with Crippen LogP contribution in [0.15, 0.2) is 29.4 Å². The predicted molar refractivity (Wildman–Crippen MR) is 122 cm³/mol. The van der Waals surface area contributed by atoms with E-state index < -0.39 is 0 Å². The summed E-state index contributed by atoms with van der Waals surface area (Å²) in [6, 6.07) is 7.22. The Morgan fingerprint density at radius 1 is 1.13 bits per heavy atom. The van der Waals surface area contributed by atoms with Gasteiger partial charge in [0.2, 0.25) is 5.91 Å². The van der Waals surface area contributed by atoms with Crippen LogP contribution in [0.5, 0.6) is 0 Å². The van der Waals surface area contributed by atoms with E-state index >= 15 is 0 Å². The van der Waals surface area contributed by atoms with Gasteiger partial charge in [0.1, 0.15) is 0 Å². The first-order valence-electron chi connectivity index (χ1n) is 10.6. The van der Waals surface area contributed by atoms with Crippen molar-refractivity contribution in [2.45, 2.75) is 64.2 Å². The Balaban J connectivity index is 2.09. The lowest BCUT2D eigenvalue weighted by Crippen LogP contribution is -2.23. The number of carbonyl (C=O) groups excluding carboxylic acids is 2. The number of hydrogen-bond donors (Lipinski definition) is 1. The summed E-state index contributed by atoms with van der Waals surface area (Å²) < 4.78 is 2.17. The van der Waals surface area contributed by atoms with E-state index in [9.17, 15) is 9.59 Å². The summed E-state index contributed by atoms with van der Waals surface area (Å²) in [6.07, 6.45) is 3.49. The van der Waals surface area contributed by atoms with Crippen LogP contribution < -0.4 is 5.32 Å². The van der Waals surface area contributed by atoms with Crippen molar-refractivity contribution in [2.24, 2.45) is 0 Å². The first kappa shape index (κ1) is 24.1. The van der Waals surface area contributed by atoms with Crippen LogP contribution in [0.2, 0.25) is 0 Å². The zero-order valence-corrected chi connectivity index (χ0v) is 19.5. The van der Waals surface area contributed by atoms with Gasteiger partial charge in [-0.3, -0.25) is 14.5 Å². The Labute approximate surface area is 183 Å². The number of ketones is 1. The summed E-state index contributed by atoms with van der Waals surface area (Å²) in [4.78, 5) is 26.3. The normalized spacial score (nSPS) is 12.2. The van der Waals surface area contributed by atoms with Gasteiger partial charge in [-0.05, 0) is 51.2 Å². The quantitative estimate of drug-likeness (QED) is 0.396. The molecule has 8 heteroatoms. The average Bonchev–Trinajstić information content (AvgIpc) is 3.13. The number of hydrogen-bond acceptors (Lipinski definition) is 6. The second kappa shape index (κ2) is 11.9. The van der Waals surface area contributed by atoms with Gasteiger partial charge in [-0.1, -0.05) is 39.0 Å². The molecule has 1 N–H and O–H groups in total. The molecule has 0 bridgehead atoms. The first-order valence-corrected chi connectivity index (χ1v) is 11.5. The fourth-order valence-corrected chi connectivity index (χ4v) is 4.03. The molecule has 7 nitrogen and oxygen atoms in total. The van der Waals surface area contributed by atoms with Crippen molar-refractivity contribution in [3.8, 4) is 0 Å². The second-order valence-electron chi connectivity index (χ2n) is 7.42. The molecule has 164 valence electrons. The summed E-state index contributed by atoms with van der Waals surface area (Å²) in [5.74, 6) is 1.24. The van der Waals surface area contributed by atoms with Gasteiger partial charge in [-0.15, -0.1) is 10.2 Å². The fourth-order valence-electron chi connectivity index (χ4n) is 3.16. The zero-order chi connectivity index (χ0) is 22.1. The minimum Gasteiger partial charge on any atom is -0.326 e. The van der Waals surface area contributed by atoms with Crippen LogP contribution in [0.1, 0.15) is 68.7 Å². The van der Waals surface area contributed by atoms with Crippen LogP contribution in [0.25, 0.3) is 0 Å². The number of unbranched alkanes of at least 4 members (excludes halogenated alkanes) is 1. The third kappa shape index (κ3) is 6.40. The van der Waals surface area contributed by atoms with Gasteiger partial charge < -0.3 is 9.88 Å². The molecule has 0 fully saturated rings. The Bertz CT molecular complexity index is 833. The number of thioether (sulfide) groups is 1. The Morgan fingerprint density at radius 2 is 1.83 bits per heavy atom. The highest BCUT2D eigenvalue weighted by molar-refractivity contribution is 7.99. The molecule has 2 rings (SSSR count). The van der Waals surface area contributed by atoms with E-state index in [2.05, 4.69) is 52.9 Å². The van der Waals surface area contributed by atoms with Crippen LogP contribution in [-0.4, -0.2) is 51.2 Å². The van der Waals surface area contributed by atoms with Gasteiger partial charge in [0, 0.05) is 24.2 Å². The van der Waals surface area contributed by atoms with Crippen molar-refractivity contribution in [1.82, 2.24) is 19.7 Å². The van der Waals surface area contributed by atoms with Crippen LogP contribution in [0.3, 0.4) is 0 Å². The van der Waals surface area contributed by atoms with Crippen LogP contribution in [-0.2, 0) is 11.3 Å². The summed E-state index contributed by atoms with van der Waals surface area (Å²) in [5.41, 5.74) is 1.32. The van der Waals surface area contributed by atoms with Crippen molar-refractivity contribution in [3.05, 3.63) is 35.7 Å². The number of aromatic nitrogens is 3. The maximum absolute atomic E-state index is 12.7. The number of nitrogens with one attached hydrogen (secondary N) is 1. The fraction of sp³-hybridized carbons (Fsp3) is 0.545. The molecule has 0 unspecified atom stereocenters. The van der Waals surface area contributed by atoms with Crippen LogP contribution in [0.4, 0.5) is 5.69 Å². The molecule has 1 atom stereocenters. The molecule has 1 heterocycles. The Hall–Kier alpha value is -2.19. The molecule has 2 aromatic rings. The highest BCUT2D eigenvalue weighted by Crippen LogP contribution is 2.26. The highest BCUT2D eigenvalue weighted by atomic mass is 32.2. The lowest BCUT2D eigenvalue weighted by atomic mass is 10.1. The molecule has 1 amide bonds. The number of benzene rings is 1. The molecule has 0 spiro atoms. The molecular formula is C22H33N5O2S. The third-order valence-electron chi connectivity index (χ3n) is 4.93. The second-order valence-corrected chi connectivity index (χ2v) is 8.37. The van der Waals surface area contributed by atoms with Crippen LogP contribution in [0, 0.1) is 0 Å². The molecule has 1 aromatic carbocycles. The lowest BCUT2D eigenvalue weighted by molar-refractivity contribution is -0.115. The number of anilines is 1. The molecule has 0 saturated heterocycles. The summed E-state index contributed by atoms with van der Waals surface area (Å²) in [7, 11) is 4.10. The van der Waals surface area contributed by atoms with Gasteiger partial charge in [0.25, 0.3) is 0 Å². The van der Waals surface area contributed by atoms with E-state index in [1.807, 2.05) is 0 Å². The number of Topliss-reactive ketones (excluding diaryl/α,β-unsaturated/α-hetero) is 1. The van der Waals surface area contributed by atoms with E-state index in [0.29, 0.717) is 23.4 Å². The van der Waals surface area contributed by atoms with Crippen molar-refractivity contribution in [3.63, 3.8) is 0 Å². The monoisotopic (exact) mass is 431 g/mol. The predicted octanol–water partition coefficient (Wildman–Crippen LogP) is 4.41. The highest BCUT2D eigenvalue weighted by Gasteiger charge is 2.22. The maximum atomic E-state index is 12.7. The third-order valence-corrected chi connectivity index (χ3v) is 5.90. The minimum absolute atomic E-state index is 0.0274. The standard InChI is InChI=1S/C22H33N5O2S/c1-6-9-14-27-21(18(7-2)26(4)5)24-25-22(27)30-15-19(28)16-10-12-17(13-11-16)23-20(29)8-3/h10-13,18H,6-9,14-15H2,1-5H3,(H,23,29)/t18-/m0/s1. The molecule has 0 aliphatic carbocycles. The lowest BCUT2D eigenvalue weighted by Gasteiger charge is -2.23. The molecule has 0 saturated carbocycles. The number of carbonyl (C=O) groups is 2. The van der Waals surface area contributed by atoms with Gasteiger partial charge in [-0.25, -0.2) is 0 Å². The number of rotatable bonds is 12. The van der Waals surface area contributed by atoms with E-state index in [1.165, 1.54) is 11.8 Å². The smallest absolute Gasteiger partial charge is 0.224 e. The Morgan fingerprint density at radius 3 is 2.40 bits per heavy atom. The molecular weight excluding hydrogens is 398 g/mol. The van der Waals surface area contributed by atoms with E-state index in [4.69, 9.17) is 0 Å². The van der Waals surface area contributed by atoms with E-state index in [0.717, 1.165) is 36.8 Å². The molecule has 1 aromatic heterocycles. The summed E-state index contributed by atoms with van der Waals surface area (Å²) >= 11 is 1.43. The van der Waals surface area contributed by atoms with Crippen molar-refractivity contribution >= 4 is 29.1 Å². The Kier molecular flexibility index (Phi) is 9.52. The molecule has 0 aliphatic heterocycles. The van der Waals surface area contributed by atoms with Crippen LogP contribution >= 0.6 is 11.8 Å². The molecule has 0 aliphatic rings. The molecule has 30 heavy (non-hydrogen) atoms. The van der Waals surface area contributed by atoms with Gasteiger partial charge in [-0.2, -0.15) is 0 Å². The van der Waals surface area contributed by atoms with E-state index in [1.54, 1.807) is 31.2 Å². The SMILES string of the molecule is CCCCn1c(SCC(=O)c2ccc(NC(=O)CC)cc2)nnc1[C@H](CC)N(C)C. The van der Waals surface area contributed by atoms with Gasteiger partial charge in [0.05, 0.1) is 11.8 Å². The first-order chi connectivity index (χ1) is 14.4. The summed E-state index contributed by atoms with van der Waals surface area (Å²) in [6.45, 7) is 6.96. The molecule has 0 radical (unpaired) electrons. The van der Waals surface area contributed by atoms with Crippen molar-refractivity contribution in [2.75, 3.05) is 25.2 Å². The van der Waals surface area contributed by atoms with E-state index in [-0.39, 0.29) is 17.7 Å². The zero-order valence-electron chi connectivity index (χ0n) is 18.6. The number of amides is 1. The van der Waals surface area contributed by atoms with Crippen molar-refractivity contribution < 1.29 is 9.59 Å².